The molecule has 0 saturated heterocycles. The van der Waals surface area contributed by atoms with Gasteiger partial charge in [-0.2, -0.15) is 0 Å². The normalized spacial score (nSPS) is 11.8. The predicted molar refractivity (Wildman–Crippen MR) is 169 cm³/mol. The minimum Gasteiger partial charge on any atom is -0.310 e. The molecule has 2 aromatic heterocycles. The van der Waals surface area contributed by atoms with Gasteiger partial charge < -0.3 is 4.90 Å². The largest absolute Gasteiger partial charge is 0.310 e. The fourth-order valence-corrected chi connectivity index (χ4v) is 8.32. The van der Waals surface area contributed by atoms with E-state index in [1.165, 1.54) is 51.4 Å². The Kier molecular flexibility index (Phi) is 4.99. The molecule has 8 aromatic rings. The average molecular weight is 542 g/mol. The van der Waals surface area contributed by atoms with Crippen molar-refractivity contribution in [1.82, 2.24) is 0 Å². The van der Waals surface area contributed by atoms with Gasteiger partial charge >= 0.3 is 0 Å². The predicted octanol–water partition coefficient (Wildman–Crippen LogP) is 11.7. The maximum Gasteiger partial charge on any atom is 0.0554 e. The molecule has 0 N–H and O–H groups in total. The van der Waals surface area contributed by atoms with Crippen LogP contribution in [0.5, 0.6) is 0 Å². The van der Waals surface area contributed by atoms with Gasteiger partial charge in [0, 0.05) is 62.1 Å². The van der Waals surface area contributed by atoms with Gasteiger partial charge in [0.25, 0.3) is 0 Å². The van der Waals surface area contributed by atoms with Crippen LogP contribution in [0.1, 0.15) is 0 Å². The van der Waals surface area contributed by atoms with Crippen LogP contribution in [0.2, 0.25) is 5.02 Å². The minimum atomic E-state index is 0.808. The van der Waals surface area contributed by atoms with Gasteiger partial charge in [0.05, 0.1) is 5.69 Å². The maximum absolute atomic E-state index is 6.62. The van der Waals surface area contributed by atoms with Crippen LogP contribution >= 0.6 is 34.3 Å². The Morgan fingerprint density at radius 1 is 0.447 bits per heavy atom. The molecule has 0 unspecified atom stereocenters. The number of rotatable bonds is 3. The van der Waals surface area contributed by atoms with E-state index in [9.17, 15) is 0 Å². The van der Waals surface area contributed by atoms with Crippen LogP contribution in [0.4, 0.5) is 17.1 Å². The Labute approximate surface area is 232 Å². The molecule has 1 nitrogen and oxygen atoms in total. The molecule has 0 aliphatic heterocycles. The summed E-state index contributed by atoms with van der Waals surface area (Å²) in [6.07, 6.45) is 0. The lowest BCUT2D eigenvalue weighted by molar-refractivity contribution is 1.31. The lowest BCUT2D eigenvalue weighted by Gasteiger charge is -2.27. The van der Waals surface area contributed by atoms with Crippen molar-refractivity contribution in [3.8, 4) is 0 Å². The van der Waals surface area contributed by atoms with E-state index in [2.05, 4.69) is 114 Å². The van der Waals surface area contributed by atoms with Crippen LogP contribution in [-0.2, 0) is 0 Å². The van der Waals surface area contributed by atoms with E-state index in [1.807, 2.05) is 23.5 Å². The van der Waals surface area contributed by atoms with Crippen molar-refractivity contribution < 1.29 is 0 Å². The number of nitrogens with zero attached hydrogens (tertiary/aromatic N) is 1. The van der Waals surface area contributed by atoms with E-state index in [1.54, 1.807) is 11.3 Å². The number of halogens is 1. The van der Waals surface area contributed by atoms with Gasteiger partial charge in [0.15, 0.2) is 0 Å². The number of benzene rings is 6. The SMILES string of the molecule is Clc1cccc2sc3cc(N(c4ccccc4)c4cc5sc6ccccc6c5c5ccccc45)ccc3c12. The summed E-state index contributed by atoms with van der Waals surface area (Å²) in [5.41, 5.74) is 3.46. The monoisotopic (exact) mass is 541 g/mol. The third kappa shape index (κ3) is 3.30. The van der Waals surface area contributed by atoms with Gasteiger partial charge in [-0.1, -0.05) is 84.4 Å². The Bertz CT molecular complexity index is 2160. The summed E-state index contributed by atoms with van der Waals surface area (Å²) in [6.45, 7) is 0. The van der Waals surface area contributed by atoms with Gasteiger partial charge in [-0.3, -0.25) is 0 Å². The van der Waals surface area contributed by atoms with Crippen molar-refractivity contribution >= 4 is 102 Å². The van der Waals surface area contributed by atoms with Crippen LogP contribution in [0.3, 0.4) is 0 Å². The van der Waals surface area contributed by atoms with Crippen molar-refractivity contribution in [1.29, 1.82) is 0 Å². The number of para-hydroxylation sites is 1. The van der Waals surface area contributed by atoms with Gasteiger partial charge in [-0.25, -0.2) is 0 Å². The molecular weight excluding hydrogens is 522 g/mol. The molecule has 38 heavy (non-hydrogen) atoms. The lowest BCUT2D eigenvalue weighted by atomic mass is 10.0. The molecule has 0 saturated carbocycles. The summed E-state index contributed by atoms with van der Waals surface area (Å²) in [5.74, 6) is 0. The van der Waals surface area contributed by atoms with Crippen molar-refractivity contribution in [2.24, 2.45) is 0 Å². The first-order valence-corrected chi connectivity index (χ1v) is 14.6. The highest BCUT2D eigenvalue weighted by atomic mass is 35.5. The van der Waals surface area contributed by atoms with E-state index >= 15 is 0 Å². The van der Waals surface area contributed by atoms with Gasteiger partial charge in [-0.05, 0) is 53.9 Å². The molecule has 0 aliphatic carbocycles. The first-order valence-electron chi connectivity index (χ1n) is 12.6. The zero-order chi connectivity index (χ0) is 25.2. The number of fused-ring (bicyclic) bond motifs is 8. The van der Waals surface area contributed by atoms with Crippen molar-refractivity contribution in [3.63, 3.8) is 0 Å². The second-order valence-corrected chi connectivity index (χ2v) is 12.1. The highest BCUT2D eigenvalue weighted by Gasteiger charge is 2.20. The maximum atomic E-state index is 6.62. The summed E-state index contributed by atoms with van der Waals surface area (Å²) in [6, 6.07) is 43.5. The zero-order valence-corrected chi connectivity index (χ0v) is 22.6. The first kappa shape index (κ1) is 22.1. The number of anilines is 3. The molecule has 8 rings (SSSR count). The van der Waals surface area contributed by atoms with Gasteiger partial charge in [-0.15, -0.1) is 22.7 Å². The van der Waals surface area contributed by atoms with Gasteiger partial charge in [0.2, 0.25) is 0 Å². The minimum absolute atomic E-state index is 0.808. The number of thiophene rings is 2. The zero-order valence-electron chi connectivity index (χ0n) is 20.2. The van der Waals surface area contributed by atoms with Crippen molar-refractivity contribution in [2.45, 2.75) is 0 Å². The van der Waals surface area contributed by atoms with E-state index in [0.29, 0.717) is 0 Å². The molecule has 0 amide bonds. The van der Waals surface area contributed by atoms with Crippen LogP contribution in [-0.4, -0.2) is 0 Å². The third-order valence-corrected chi connectivity index (χ3v) is 9.86. The van der Waals surface area contributed by atoms with E-state index in [-0.39, 0.29) is 0 Å². The van der Waals surface area contributed by atoms with Crippen LogP contribution in [0, 0.1) is 0 Å². The molecule has 4 heteroatoms. The Balaban J connectivity index is 1.45. The molecule has 180 valence electrons. The fraction of sp³-hybridized carbons (Fsp3) is 0. The Morgan fingerprint density at radius 2 is 1.13 bits per heavy atom. The second-order valence-electron chi connectivity index (χ2n) is 9.48. The van der Waals surface area contributed by atoms with Crippen molar-refractivity contribution in [2.75, 3.05) is 4.90 Å². The Hall–Kier alpha value is -3.89. The molecular formula is C34H20ClNS2. The lowest BCUT2D eigenvalue weighted by Crippen LogP contribution is -2.10. The topological polar surface area (TPSA) is 3.24 Å². The highest BCUT2D eigenvalue weighted by Crippen LogP contribution is 2.47. The molecule has 0 bridgehead atoms. The molecule has 0 radical (unpaired) electrons. The van der Waals surface area contributed by atoms with E-state index in [0.717, 1.165) is 21.8 Å². The molecule has 0 atom stereocenters. The second kappa shape index (κ2) is 8.57. The smallest absolute Gasteiger partial charge is 0.0554 e. The van der Waals surface area contributed by atoms with Crippen LogP contribution < -0.4 is 4.90 Å². The fourth-order valence-electron chi connectivity index (χ4n) is 5.67. The molecule has 0 aliphatic rings. The summed E-state index contributed by atoms with van der Waals surface area (Å²) in [7, 11) is 0. The van der Waals surface area contributed by atoms with E-state index in [4.69, 9.17) is 11.6 Å². The summed E-state index contributed by atoms with van der Waals surface area (Å²) >= 11 is 10.3. The van der Waals surface area contributed by atoms with Crippen LogP contribution in [0.15, 0.2) is 121 Å². The first-order chi connectivity index (χ1) is 18.8. The van der Waals surface area contributed by atoms with Crippen LogP contribution in [0.25, 0.3) is 51.1 Å². The quantitative estimate of drug-likeness (QED) is 0.215. The molecule has 2 heterocycles. The average Bonchev–Trinajstić information content (AvgIpc) is 3.52. The molecule has 6 aromatic carbocycles. The summed E-state index contributed by atoms with van der Waals surface area (Å²) < 4.78 is 5.07. The molecule has 0 fully saturated rings. The standard InChI is InChI=1S/C34H20ClNS2/c35-27-14-8-16-30-34(27)26-18-17-22(19-31(26)38-30)36(21-9-2-1-3-10-21)28-20-32-33(24-12-5-4-11-23(24)28)25-13-6-7-15-29(25)37-32/h1-20H. The summed E-state index contributed by atoms with van der Waals surface area (Å²) in [4.78, 5) is 2.40. The molecule has 0 spiro atoms. The number of hydrogen-bond acceptors (Lipinski definition) is 3. The van der Waals surface area contributed by atoms with Crippen molar-refractivity contribution in [3.05, 3.63) is 126 Å². The highest BCUT2D eigenvalue weighted by molar-refractivity contribution is 7.26. The summed E-state index contributed by atoms with van der Waals surface area (Å²) in [5, 5.41) is 8.35. The Morgan fingerprint density at radius 3 is 2.00 bits per heavy atom. The van der Waals surface area contributed by atoms with E-state index < -0.39 is 0 Å². The van der Waals surface area contributed by atoms with Gasteiger partial charge in [0.1, 0.15) is 0 Å². The third-order valence-electron chi connectivity index (χ3n) is 7.31. The number of hydrogen-bond donors (Lipinski definition) is 0.